The lowest BCUT2D eigenvalue weighted by Crippen LogP contribution is -2.38. The first-order valence-corrected chi connectivity index (χ1v) is 10.9. The van der Waals surface area contributed by atoms with Gasteiger partial charge in [-0.05, 0) is 30.7 Å². The van der Waals surface area contributed by atoms with Crippen molar-refractivity contribution in [1.29, 1.82) is 0 Å². The summed E-state index contributed by atoms with van der Waals surface area (Å²) in [5, 5.41) is 3.54. The van der Waals surface area contributed by atoms with E-state index in [0.717, 1.165) is 20.8 Å². The Labute approximate surface area is 204 Å². The second-order valence-corrected chi connectivity index (χ2v) is 8.32. The van der Waals surface area contributed by atoms with Crippen molar-refractivity contribution >= 4 is 40.2 Å². The van der Waals surface area contributed by atoms with Gasteiger partial charge in [0.25, 0.3) is 11.5 Å². The molecule has 2 aromatic heterocycles. The third kappa shape index (κ3) is 4.71. The maximum absolute atomic E-state index is 13.1. The molecule has 9 nitrogen and oxygen atoms in total. The molecule has 0 aliphatic heterocycles. The van der Waals surface area contributed by atoms with Crippen molar-refractivity contribution in [3.8, 4) is 11.3 Å². The topological polar surface area (TPSA) is 112 Å². The zero-order valence-electron chi connectivity index (χ0n) is 19.2. The molecule has 0 aliphatic carbocycles. The van der Waals surface area contributed by atoms with Gasteiger partial charge in [-0.25, -0.2) is 14.6 Å². The smallest absolute Gasteiger partial charge is 0.339 e. The zero-order valence-corrected chi connectivity index (χ0v) is 19.9. The maximum atomic E-state index is 13.1. The number of benzene rings is 2. The molecule has 1 N–H and O–H groups in total. The molecule has 4 aromatic rings. The average Bonchev–Trinajstić information content (AvgIpc) is 2.84. The van der Waals surface area contributed by atoms with Crippen molar-refractivity contribution in [3.63, 3.8) is 0 Å². The largest absolute Gasteiger partial charge is 0.452 e. The molecule has 0 unspecified atom stereocenters. The van der Waals surface area contributed by atoms with E-state index >= 15 is 0 Å². The Morgan fingerprint density at radius 2 is 1.77 bits per heavy atom. The van der Waals surface area contributed by atoms with E-state index < -0.39 is 29.7 Å². The van der Waals surface area contributed by atoms with Gasteiger partial charge in [0, 0.05) is 36.1 Å². The zero-order chi connectivity index (χ0) is 25.3. The Bertz CT molecular complexity index is 1610. The van der Waals surface area contributed by atoms with E-state index in [1.165, 1.54) is 14.1 Å². The fourth-order valence-electron chi connectivity index (χ4n) is 3.72. The number of anilines is 1. The Morgan fingerprint density at radius 3 is 2.51 bits per heavy atom. The van der Waals surface area contributed by atoms with Crippen molar-refractivity contribution in [2.45, 2.75) is 6.92 Å². The number of rotatable bonds is 5. The van der Waals surface area contributed by atoms with Gasteiger partial charge >= 0.3 is 11.7 Å². The molecule has 0 spiro atoms. The summed E-state index contributed by atoms with van der Waals surface area (Å²) in [7, 11) is 2.74. The molecule has 0 saturated carbocycles. The van der Waals surface area contributed by atoms with Gasteiger partial charge in [0.1, 0.15) is 5.82 Å². The molecule has 0 bridgehead atoms. The lowest BCUT2D eigenvalue weighted by molar-refractivity contribution is -0.119. The van der Waals surface area contributed by atoms with Crippen LogP contribution in [0.1, 0.15) is 15.9 Å². The number of carbonyl (C=O) groups excluding carboxylic acids is 2. The van der Waals surface area contributed by atoms with Gasteiger partial charge in [-0.3, -0.25) is 18.7 Å². The van der Waals surface area contributed by atoms with E-state index in [4.69, 9.17) is 21.3 Å². The molecular weight excluding hydrogens is 472 g/mol. The number of ether oxygens (including phenoxy) is 1. The molecule has 0 radical (unpaired) electrons. The maximum Gasteiger partial charge on any atom is 0.339 e. The van der Waals surface area contributed by atoms with Crippen LogP contribution in [0.25, 0.3) is 22.2 Å². The number of nitrogens with zero attached hydrogens (tertiary/aromatic N) is 3. The summed E-state index contributed by atoms with van der Waals surface area (Å²) in [6.45, 7) is 1.13. The minimum Gasteiger partial charge on any atom is -0.452 e. The minimum atomic E-state index is -0.711. The van der Waals surface area contributed by atoms with Crippen LogP contribution in [0.2, 0.25) is 5.02 Å². The third-order valence-electron chi connectivity index (χ3n) is 5.57. The molecule has 35 heavy (non-hydrogen) atoms. The van der Waals surface area contributed by atoms with Gasteiger partial charge < -0.3 is 10.1 Å². The highest BCUT2D eigenvalue weighted by atomic mass is 35.5. The van der Waals surface area contributed by atoms with Gasteiger partial charge in [-0.1, -0.05) is 41.9 Å². The summed E-state index contributed by atoms with van der Waals surface area (Å²) in [5.74, 6) is -1.42. The number of nitrogens with one attached hydrogen (secondary N) is 1. The summed E-state index contributed by atoms with van der Waals surface area (Å²) in [6.07, 6.45) is 0. The first kappa shape index (κ1) is 23.9. The van der Waals surface area contributed by atoms with Crippen LogP contribution in [0.3, 0.4) is 0 Å². The lowest BCUT2D eigenvalue weighted by Gasteiger charge is -2.15. The van der Waals surface area contributed by atoms with Crippen LogP contribution >= 0.6 is 11.6 Å². The number of halogens is 1. The van der Waals surface area contributed by atoms with E-state index in [2.05, 4.69) is 5.32 Å². The van der Waals surface area contributed by atoms with Crippen molar-refractivity contribution in [2.75, 3.05) is 11.9 Å². The van der Waals surface area contributed by atoms with Crippen molar-refractivity contribution in [2.24, 2.45) is 14.1 Å². The van der Waals surface area contributed by atoms with Crippen LogP contribution in [-0.2, 0) is 23.6 Å². The number of amides is 1. The Balaban J connectivity index is 1.63. The van der Waals surface area contributed by atoms with Gasteiger partial charge in [0.2, 0.25) is 0 Å². The fourth-order valence-corrected chi connectivity index (χ4v) is 3.91. The summed E-state index contributed by atoms with van der Waals surface area (Å²) in [5.41, 5.74) is 1.56. The molecule has 0 fully saturated rings. The molecule has 10 heteroatoms. The number of para-hydroxylation sites is 1. The Kier molecular flexibility index (Phi) is 6.52. The van der Waals surface area contributed by atoms with E-state index in [-0.39, 0.29) is 11.4 Å². The van der Waals surface area contributed by atoms with Gasteiger partial charge in [-0.15, -0.1) is 0 Å². The van der Waals surface area contributed by atoms with Crippen LogP contribution in [0.4, 0.5) is 5.82 Å². The molecule has 1 amide bonds. The van der Waals surface area contributed by atoms with Crippen molar-refractivity contribution in [3.05, 3.63) is 91.6 Å². The Hall–Kier alpha value is -4.24. The summed E-state index contributed by atoms with van der Waals surface area (Å²) in [6, 6.07) is 15.4. The molecule has 2 aromatic carbocycles. The predicted octanol–water partition coefficient (Wildman–Crippen LogP) is 3.06. The van der Waals surface area contributed by atoms with Gasteiger partial charge in [0.05, 0.1) is 16.8 Å². The molecular formula is C25H21ClN4O5. The second-order valence-electron chi connectivity index (χ2n) is 7.88. The van der Waals surface area contributed by atoms with Crippen LogP contribution < -0.4 is 16.6 Å². The number of carbonyl (C=O) groups is 2. The number of hydrogen-bond donors (Lipinski definition) is 1. The normalized spacial score (nSPS) is 10.9. The van der Waals surface area contributed by atoms with Crippen LogP contribution in [0.5, 0.6) is 0 Å². The van der Waals surface area contributed by atoms with E-state index in [9.17, 15) is 19.2 Å². The highest BCUT2D eigenvalue weighted by Gasteiger charge is 2.21. The van der Waals surface area contributed by atoms with E-state index in [0.29, 0.717) is 27.2 Å². The van der Waals surface area contributed by atoms with Crippen LogP contribution in [0.15, 0.2) is 64.2 Å². The number of esters is 1. The highest BCUT2D eigenvalue weighted by molar-refractivity contribution is 6.30. The molecule has 178 valence electrons. The van der Waals surface area contributed by atoms with Crippen molar-refractivity contribution in [1.82, 2.24) is 14.1 Å². The first-order chi connectivity index (χ1) is 16.7. The fraction of sp³-hybridized carbons (Fsp3) is 0.160. The second kappa shape index (κ2) is 9.55. The summed E-state index contributed by atoms with van der Waals surface area (Å²) < 4.78 is 7.33. The predicted molar refractivity (Wildman–Crippen MR) is 133 cm³/mol. The molecule has 2 heterocycles. The minimum absolute atomic E-state index is 0.00654. The molecule has 0 aliphatic rings. The van der Waals surface area contributed by atoms with Gasteiger partial charge in [0.15, 0.2) is 6.61 Å². The van der Waals surface area contributed by atoms with E-state index in [1.54, 1.807) is 43.3 Å². The molecule has 4 rings (SSSR count). The third-order valence-corrected chi connectivity index (χ3v) is 5.80. The lowest BCUT2D eigenvalue weighted by atomic mass is 9.98. The highest BCUT2D eigenvalue weighted by Crippen LogP contribution is 2.31. The summed E-state index contributed by atoms with van der Waals surface area (Å²) in [4.78, 5) is 54.2. The first-order valence-electron chi connectivity index (χ1n) is 10.6. The monoisotopic (exact) mass is 492 g/mol. The number of hydrogen-bond acceptors (Lipinski definition) is 6. The van der Waals surface area contributed by atoms with Crippen LogP contribution in [0, 0.1) is 6.92 Å². The number of fused-ring (bicyclic) bond motifs is 1. The quantitative estimate of drug-likeness (QED) is 0.428. The van der Waals surface area contributed by atoms with Gasteiger partial charge in [-0.2, -0.15) is 0 Å². The number of pyridine rings is 1. The van der Waals surface area contributed by atoms with E-state index in [1.807, 2.05) is 12.1 Å². The SMILES string of the molecule is Cc1c(-c2cccc(Cl)c2)nc2ccccc2c1C(=O)OCC(=O)Nc1cc(=O)n(C)c(=O)n1C. The number of aromatic nitrogens is 3. The summed E-state index contributed by atoms with van der Waals surface area (Å²) >= 11 is 6.15. The van der Waals surface area contributed by atoms with Crippen LogP contribution in [-0.4, -0.2) is 32.6 Å². The average molecular weight is 493 g/mol. The Morgan fingerprint density at radius 1 is 1.03 bits per heavy atom. The van der Waals surface area contributed by atoms with Crippen molar-refractivity contribution < 1.29 is 14.3 Å². The molecule has 0 atom stereocenters. The molecule has 0 saturated heterocycles. The standard InChI is InChI=1S/C25H21ClN4O5/c1-14-22(17-9-4-5-10-18(17)27-23(14)15-7-6-8-16(26)11-15)24(33)35-13-20(31)28-19-12-21(32)30(3)25(34)29(19)2/h4-12H,13H2,1-3H3,(H,28,31).